The Bertz CT molecular complexity index is 854. The number of carbonyl (C=O) groups excluding carboxylic acids is 1. The van der Waals surface area contributed by atoms with E-state index in [1.54, 1.807) is 6.92 Å². The first-order valence-electron chi connectivity index (χ1n) is 9.57. The smallest absolute Gasteiger partial charge is 0.257 e. The van der Waals surface area contributed by atoms with Crippen molar-refractivity contribution in [1.29, 1.82) is 0 Å². The SMILES string of the molecule is CCOCCCNC(=O)COc1ccc(S(=O)(=O)N[C@H](C)c2ccccc2)cc1. The van der Waals surface area contributed by atoms with Gasteiger partial charge in [0.25, 0.3) is 5.91 Å². The van der Waals surface area contributed by atoms with E-state index >= 15 is 0 Å². The van der Waals surface area contributed by atoms with Crippen molar-refractivity contribution in [3.63, 3.8) is 0 Å². The minimum atomic E-state index is -3.67. The summed E-state index contributed by atoms with van der Waals surface area (Å²) in [4.78, 5) is 11.9. The normalized spacial score (nSPS) is 12.3. The predicted octanol–water partition coefficient (Wildman–Crippen LogP) is 2.65. The molecule has 1 amide bonds. The summed E-state index contributed by atoms with van der Waals surface area (Å²) >= 11 is 0. The fourth-order valence-corrected chi connectivity index (χ4v) is 3.80. The van der Waals surface area contributed by atoms with Gasteiger partial charge in [-0.05, 0) is 50.1 Å². The summed E-state index contributed by atoms with van der Waals surface area (Å²) in [6.07, 6.45) is 0.737. The molecule has 0 saturated carbocycles. The van der Waals surface area contributed by atoms with Crippen LogP contribution in [-0.4, -0.2) is 40.7 Å². The Kier molecular flexibility index (Phi) is 9.11. The Balaban J connectivity index is 1.83. The number of carbonyl (C=O) groups is 1. The first kappa shape index (κ1) is 22.9. The molecule has 0 heterocycles. The molecule has 1 atom stereocenters. The molecule has 0 aliphatic carbocycles. The van der Waals surface area contributed by atoms with Crippen LogP contribution < -0.4 is 14.8 Å². The summed E-state index contributed by atoms with van der Waals surface area (Å²) in [6, 6.07) is 15.0. The minimum Gasteiger partial charge on any atom is -0.484 e. The van der Waals surface area contributed by atoms with Crippen LogP contribution in [0.3, 0.4) is 0 Å². The van der Waals surface area contributed by atoms with Gasteiger partial charge in [-0.2, -0.15) is 0 Å². The Morgan fingerprint density at radius 1 is 1.07 bits per heavy atom. The highest BCUT2D eigenvalue weighted by Gasteiger charge is 2.18. The second-order valence-corrected chi connectivity index (χ2v) is 8.13. The molecule has 158 valence electrons. The van der Waals surface area contributed by atoms with Crippen LogP contribution in [0.5, 0.6) is 5.75 Å². The average molecular weight is 421 g/mol. The number of nitrogens with one attached hydrogen (secondary N) is 2. The van der Waals surface area contributed by atoms with Gasteiger partial charge in [0.15, 0.2) is 6.61 Å². The highest BCUT2D eigenvalue weighted by atomic mass is 32.2. The monoisotopic (exact) mass is 420 g/mol. The zero-order chi connectivity index (χ0) is 21.1. The average Bonchev–Trinajstić information content (AvgIpc) is 2.72. The summed E-state index contributed by atoms with van der Waals surface area (Å²) in [5, 5.41) is 2.73. The van der Waals surface area contributed by atoms with Crippen LogP contribution in [0.2, 0.25) is 0 Å². The standard InChI is InChI=1S/C21H28N2O5S/c1-3-27-15-7-14-22-21(24)16-28-19-10-12-20(13-11-19)29(25,26)23-17(2)18-8-5-4-6-9-18/h4-6,8-13,17,23H,3,7,14-16H2,1-2H3,(H,22,24)/t17-/m1/s1. The first-order valence-corrected chi connectivity index (χ1v) is 11.0. The van der Waals surface area contributed by atoms with Crippen LogP contribution in [-0.2, 0) is 19.6 Å². The van der Waals surface area contributed by atoms with Crippen molar-refractivity contribution in [3.8, 4) is 5.75 Å². The third kappa shape index (κ3) is 7.84. The molecule has 0 unspecified atom stereocenters. The lowest BCUT2D eigenvalue weighted by Gasteiger charge is -2.15. The van der Waals surface area contributed by atoms with Crippen molar-refractivity contribution in [3.05, 3.63) is 60.2 Å². The molecule has 0 aliphatic rings. The van der Waals surface area contributed by atoms with Crippen LogP contribution >= 0.6 is 0 Å². The third-order valence-electron chi connectivity index (χ3n) is 4.13. The molecule has 2 aromatic rings. The first-order chi connectivity index (χ1) is 13.9. The molecule has 0 spiro atoms. The fraction of sp³-hybridized carbons (Fsp3) is 0.381. The van der Waals surface area contributed by atoms with E-state index in [1.807, 2.05) is 37.3 Å². The molecule has 0 aliphatic heterocycles. The van der Waals surface area contributed by atoms with Crippen molar-refractivity contribution in [2.45, 2.75) is 31.2 Å². The van der Waals surface area contributed by atoms with Gasteiger partial charge >= 0.3 is 0 Å². The topological polar surface area (TPSA) is 93.7 Å². The summed E-state index contributed by atoms with van der Waals surface area (Å²) in [7, 11) is -3.67. The van der Waals surface area contributed by atoms with Gasteiger partial charge in [0.2, 0.25) is 10.0 Å². The van der Waals surface area contributed by atoms with Gasteiger partial charge in [0.1, 0.15) is 5.75 Å². The Hall–Kier alpha value is -2.42. The summed E-state index contributed by atoms with van der Waals surface area (Å²) in [6.45, 7) is 5.35. The quantitative estimate of drug-likeness (QED) is 0.515. The van der Waals surface area contributed by atoms with E-state index in [2.05, 4.69) is 10.0 Å². The summed E-state index contributed by atoms with van der Waals surface area (Å²) in [5.74, 6) is 0.182. The van der Waals surface area contributed by atoms with Crippen LogP contribution in [0, 0.1) is 0 Å². The lowest BCUT2D eigenvalue weighted by molar-refractivity contribution is -0.123. The van der Waals surface area contributed by atoms with E-state index in [4.69, 9.17) is 9.47 Å². The van der Waals surface area contributed by atoms with E-state index < -0.39 is 10.0 Å². The van der Waals surface area contributed by atoms with Crippen molar-refractivity contribution in [1.82, 2.24) is 10.0 Å². The molecule has 8 heteroatoms. The predicted molar refractivity (Wildman–Crippen MR) is 111 cm³/mol. The van der Waals surface area contributed by atoms with E-state index in [0.717, 1.165) is 12.0 Å². The Morgan fingerprint density at radius 2 is 1.76 bits per heavy atom. The Morgan fingerprint density at radius 3 is 2.41 bits per heavy atom. The number of rotatable bonds is 12. The van der Waals surface area contributed by atoms with Crippen LogP contribution in [0.1, 0.15) is 31.9 Å². The van der Waals surface area contributed by atoms with E-state index in [1.165, 1.54) is 24.3 Å². The molecular formula is C21H28N2O5S. The second-order valence-electron chi connectivity index (χ2n) is 6.41. The van der Waals surface area contributed by atoms with Gasteiger partial charge in [-0.3, -0.25) is 4.79 Å². The highest BCUT2D eigenvalue weighted by Crippen LogP contribution is 2.19. The van der Waals surface area contributed by atoms with Crippen LogP contribution in [0.4, 0.5) is 0 Å². The molecule has 2 N–H and O–H groups in total. The van der Waals surface area contributed by atoms with Crippen molar-refractivity contribution >= 4 is 15.9 Å². The van der Waals surface area contributed by atoms with Gasteiger partial charge in [-0.15, -0.1) is 0 Å². The lowest BCUT2D eigenvalue weighted by atomic mass is 10.1. The number of ether oxygens (including phenoxy) is 2. The number of sulfonamides is 1. The number of hydrogen-bond acceptors (Lipinski definition) is 5. The molecule has 2 rings (SSSR count). The second kappa shape index (κ2) is 11.5. The number of hydrogen-bond donors (Lipinski definition) is 2. The zero-order valence-electron chi connectivity index (χ0n) is 16.8. The highest BCUT2D eigenvalue weighted by molar-refractivity contribution is 7.89. The Labute approximate surface area is 172 Å². The lowest BCUT2D eigenvalue weighted by Crippen LogP contribution is -2.30. The molecule has 2 aromatic carbocycles. The largest absolute Gasteiger partial charge is 0.484 e. The molecule has 0 saturated heterocycles. The zero-order valence-corrected chi connectivity index (χ0v) is 17.6. The maximum absolute atomic E-state index is 12.6. The van der Waals surface area contributed by atoms with Gasteiger partial charge in [0.05, 0.1) is 4.90 Å². The summed E-state index contributed by atoms with van der Waals surface area (Å²) < 4.78 is 38.4. The molecule has 7 nitrogen and oxygen atoms in total. The van der Waals surface area contributed by atoms with Crippen LogP contribution in [0.15, 0.2) is 59.5 Å². The van der Waals surface area contributed by atoms with Crippen molar-refractivity contribution in [2.24, 2.45) is 0 Å². The van der Waals surface area contributed by atoms with Gasteiger partial charge in [-0.1, -0.05) is 30.3 Å². The number of amides is 1. The van der Waals surface area contributed by atoms with Gasteiger partial charge in [-0.25, -0.2) is 13.1 Å². The van der Waals surface area contributed by atoms with E-state index in [0.29, 0.717) is 25.5 Å². The van der Waals surface area contributed by atoms with Crippen LogP contribution in [0.25, 0.3) is 0 Å². The molecule has 0 radical (unpaired) electrons. The third-order valence-corrected chi connectivity index (χ3v) is 5.68. The fourth-order valence-electron chi connectivity index (χ4n) is 2.57. The number of benzene rings is 2. The van der Waals surface area contributed by atoms with E-state index in [-0.39, 0.29) is 23.5 Å². The van der Waals surface area contributed by atoms with E-state index in [9.17, 15) is 13.2 Å². The molecular weight excluding hydrogens is 392 g/mol. The molecule has 0 bridgehead atoms. The van der Waals surface area contributed by atoms with Gasteiger partial charge < -0.3 is 14.8 Å². The molecule has 0 aromatic heterocycles. The van der Waals surface area contributed by atoms with Crippen molar-refractivity contribution < 1.29 is 22.7 Å². The maximum atomic E-state index is 12.6. The minimum absolute atomic E-state index is 0.132. The van der Waals surface area contributed by atoms with Crippen molar-refractivity contribution in [2.75, 3.05) is 26.4 Å². The summed E-state index contributed by atoms with van der Waals surface area (Å²) in [5.41, 5.74) is 0.878. The maximum Gasteiger partial charge on any atom is 0.257 e. The van der Waals surface area contributed by atoms with Gasteiger partial charge in [0, 0.05) is 25.8 Å². The molecule has 29 heavy (non-hydrogen) atoms. The molecule has 0 fully saturated rings.